The quantitative estimate of drug-likeness (QED) is 0.575. The van der Waals surface area contributed by atoms with Crippen LogP contribution in [0.5, 0.6) is 0 Å². The summed E-state index contributed by atoms with van der Waals surface area (Å²) in [5, 5.41) is -0.243. The molecule has 0 saturated heterocycles. The van der Waals surface area contributed by atoms with Gasteiger partial charge in [0, 0.05) is 12.5 Å². The first kappa shape index (κ1) is 10.7. The van der Waals surface area contributed by atoms with Crippen molar-refractivity contribution in [3.8, 4) is 0 Å². The molecule has 0 radical (unpaired) electrons. The lowest BCUT2D eigenvalue weighted by Gasteiger charge is -1.93. The number of nitrogens with zero attached hydrogens (tertiary/aromatic N) is 1. The van der Waals surface area contributed by atoms with Crippen molar-refractivity contribution >= 4 is 16.1 Å². The molecule has 0 atom stereocenters. The van der Waals surface area contributed by atoms with Crippen molar-refractivity contribution < 1.29 is 8.42 Å². The topological polar surface area (TPSA) is 98.5 Å². The largest absolute Gasteiger partial charge is 0.403 e. The Kier molecular flexibility index (Phi) is 3.49. The molecule has 0 saturated carbocycles. The molecule has 0 heterocycles. The molecule has 0 aromatic heterocycles. The van der Waals surface area contributed by atoms with Crippen LogP contribution in [0.1, 0.15) is 0 Å². The Morgan fingerprint density at radius 1 is 1.58 bits per heavy atom. The molecule has 0 rings (SSSR count). The Bertz CT molecular complexity index is 327. The fraction of sp³-hybridized carbons (Fsp3) is 0.167. The molecule has 4 N–H and O–H groups in total. The lowest BCUT2D eigenvalue weighted by Crippen LogP contribution is -2.03. The molecule has 0 spiro atoms. The molecule has 0 aliphatic rings. The summed E-state index contributed by atoms with van der Waals surface area (Å²) in [6.07, 6.45) is 3.25. The molecule has 5 nitrogen and oxygen atoms in total. The van der Waals surface area contributed by atoms with Crippen LogP contribution >= 0.6 is 0 Å². The third kappa shape index (κ3) is 3.77. The minimum absolute atomic E-state index is 0.180. The average Bonchev–Trinajstić information content (AvgIpc) is 1.97. The van der Waals surface area contributed by atoms with Gasteiger partial charge in [0.15, 0.2) is 9.84 Å². The second-order valence-corrected chi connectivity index (χ2v) is 4.11. The van der Waals surface area contributed by atoms with Crippen molar-refractivity contribution in [2.24, 2.45) is 16.5 Å². The molecule has 0 aliphatic heterocycles. The molecule has 0 unspecified atom stereocenters. The van der Waals surface area contributed by atoms with E-state index in [0.29, 0.717) is 0 Å². The maximum atomic E-state index is 10.7. The van der Waals surface area contributed by atoms with Gasteiger partial charge in [-0.3, -0.25) is 0 Å². The van der Waals surface area contributed by atoms with E-state index in [1.807, 2.05) is 0 Å². The smallest absolute Gasteiger partial charge is 0.192 e. The summed E-state index contributed by atoms with van der Waals surface area (Å²) in [5.74, 6) is 0. The normalized spacial score (nSPS) is 13.6. The first-order valence-corrected chi connectivity index (χ1v) is 4.87. The summed E-state index contributed by atoms with van der Waals surface area (Å²) in [6.45, 7) is 3.22. The molecule has 0 aromatic carbocycles. The Morgan fingerprint density at radius 3 is 2.42 bits per heavy atom. The zero-order chi connectivity index (χ0) is 9.78. The van der Waals surface area contributed by atoms with E-state index in [0.717, 1.165) is 18.7 Å². The SMILES string of the molecule is C=C(/N=C\C(N)=C/N)S(C)(=O)=O. The monoisotopic (exact) mass is 189 g/mol. The highest BCUT2D eigenvalue weighted by Gasteiger charge is 2.04. The fourth-order valence-corrected chi connectivity index (χ4v) is 0.529. The number of sulfone groups is 1. The van der Waals surface area contributed by atoms with E-state index in [1.54, 1.807) is 0 Å². The minimum Gasteiger partial charge on any atom is -0.403 e. The Labute approximate surface area is 71.4 Å². The molecule has 0 aromatic rings. The van der Waals surface area contributed by atoms with Gasteiger partial charge in [0.1, 0.15) is 5.03 Å². The zero-order valence-electron chi connectivity index (χ0n) is 6.69. The first-order chi connectivity index (χ1) is 5.38. The third-order valence-corrected chi connectivity index (χ3v) is 1.94. The number of nitrogens with two attached hydrogens (primary N) is 2. The molecule has 6 heteroatoms. The van der Waals surface area contributed by atoms with Crippen molar-refractivity contribution in [3.05, 3.63) is 23.5 Å². The maximum absolute atomic E-state index is 10.7. The van der Waals surface area contributed by atoms with Gasteiger partial charge in [-0.1, -0.05) is 6.58 Å². The fourth-order valence-electron chi connectivity index (χ4n) is 0.285. The average molecular weight is 189 g/mol. The Hall–Kier alpha value is -1.30. The maximum Gasteiger partial charge on any atom is 0.192 e. The third-order valence-electron chi connectivity index (χ3n) is 0.978. The molecule has 0 aliphatic carbocycles. The van der Waals surface area contributed by atoms with Crippen molar-refractivity contribution in [2.45, 2.75) is 0 Å². The molecular weight excluding hydrogens is 178 g/mol. The molecule has 68 valence electrons. The lowest BCUT2D eigenvalue weighted by atomic mass is 10.5. The summed E-state index contributed by atoms with van der Waals surface area (Å²) in [7, 11) is -3.32. The van der Waals surface area contributed by atoms with E-state index in [2.05, 4.69) is 11.6 Å². The standard InChI is InChI=1S/C6H11N3O2S/c1-5(12(2,10)11)9-4-6(8)3-7/h3-4H,1,7-8H2,2H3/b6-3+,9-4-. The lowest BCUT2D eigenvalue weighted by molar-refractivity contribution is 0.607. The van der Waals surface area contributed by atoms with E-state index in [9.17, 15) is 8.42 Å². The van der Waals surface area contributed by atoms with Crippen LogP contribution < -0.4 is 11.5 Å². The van der Waals surface area contributed by atoms with E-state index in [-0.39, 0.29) is 10.7 Å². The van der Waals surface area contributed by atoms with Crippen LogP contribution in [0.2, 0.25) is 0 Å². The van der Waals surface area contributed by atoms with Crippen molar-refractivity contribution in [2.75, 3.05) is 6.26 Å². The van der Waals surface area contributed by atoms with Gasteiger partial charge in [0.25, 0.3) is 0 Å². The van der Waals surface area contributed by atoms with E-state index in [4.69, 9.17) is 11.5 Å². The number of rotatable bonds is 3. The van der Waals surface area contributed by atoms with Crippen LogP contribution in [0.25, 0.3) is 0 Å². The zero-order valence-corrected chi connectivity index (χ0v) is 7.50. The summed E-state index contributed by atoms with van der Waals surface area (Å²) < 4.78 is 21.5. The van der Waals surface area contributed by atoms with Crippen LogP contribution in [0.3, 0.4) is 0 Å². The van der Waals surface area contributed by atoms with Gasteiger partial charge < -0.3 is 11.5 Å². The van der Waals surface area contributed by atoms with Crippen molar-refractivity contribution in [3.63, 3.8) is 0 Å². The first-order valence-electron chi connectivity index (χ1n) is 2.98. The summed E-state index contributed by atoms with van der Waals surface area (Å²) >= 11 is 0. The summed E-state index contributed by atoms with van der Waals surface area (Å²) in [5.41, 5.74) is 10.4. The molecule has 0 bridgehead atoms. The highest BCUT2D eigenvalue weighted by Crippen LogP contribution is 2.00. The molecule has 0 fully saturated rings. The van der Waals surface area contributed by atoms with Crippen LogP contribution in [0, 0.1) is 0 Å². The summed E-state index contributed by atoms with van der Waals surface area (Å²) in [4.78, 5) is 3.49. The predicted octanol–water partition coefficient (Wildman–Crippen LogP) is -0.668. The van der Waals surface area contributed by atoms with E-state index < -0.39 is 9.84 Å². The van der Waals surface area contributed by atoms with Crippen LogP contribution in [0.15, 0.2) is 28.5 Å². The Morgan fingerprint density at radius 2 is 2.08 bits per heavy atom. The number of hydrogen-bond donors (Lipinski definition) is 2. The van der Waals surface area contributed by atoms with Gasteiger partial charge in [0.05, 0.1) is 11.9 Å². The van der Waals surface area contributed by atoms with Crippen LogP contribution in [0.4, 0.5) is 0 Å². The minimum atomic E-state index is -3.32. The van der Waals surface area contributed by atoms with Crippen molar-refractivity contribution in [1.29, 1.82) is 0 Å². The summed E-state index contributed by atoms with van der Waals surface area (Å²) in [6, 6.07) is 0. The van der Waals surface area contributed by atoms with Gasteiger partial charge >= 0.3 is 0 Å². The number of allylic oxidation sites excluding steroid dienone is 1. The molecular formula is C6H11N3O2S. The molecule has 12 heavy (non-hydrogen) atoms. The number of aliphatic imine (C=N–C) groups is 1. The van der Waals surface area contributed by atoms with Gasteiger partial charge in [0.2, 0.25) is 0 Å². The van der Waals surface area contributed by atoms with E-state index >= 15 is 0 Å². The highest BCUT2D eigenvalue weighted by atomic mass is 32.2. The van der Waals surface area contributed by atoms with Gasteiger partial charge in [-0.2, -0.15) is 0 Å². The number of hydrogen-bond acceptors (Lipinski definition) is 5. The van der Waals surface area contributed by atoms with Gasteiger partial charge in [-0.25, -0.2) is 13.4 Å². The second kappa shape index (κ2) is 3.91. The van der Waals surface area contributed by atoms with Crippen molar-refractivity contribution in [1.82, 2.24) is 0 Å². The Balaban J connectivity index is 4.51. The van der Waals surface area contributed by atoms with Crippen LogP contribution in [-0.2, 0) is 9.84 Å². The van der Waals surface area contributed by atoms with Gasteiger partial charge in [-0.05, 0) is 0 Å². The second-order valence-electron chi connectivity index (χ2n) is 2.09. The predicted molar refractivity (Wildman–Crippen MR) is 48.9 cm³/mol. The van der Waals surface area contributed by atoms with Crippen LogP contribution in [-0.4, -0.2) is 20.9 Å². The van der Waals surface area contributed by atoms with Gasteiger partial charge in [-0.15, -0.1) is 0 Å². The molecule has 0 amide bonds. The van der Waals surface area contributed by atoms with E-state index in [1.165, 1.54) is 0 Å². The highest BCUT2D eigenvalue weighted by molar-refractivity contribution is 7.94.